The number of nitrogens with two attached hydrogens (primary N) is 1. The molecule has 8 heteroatoms. The van der Waals surface area contributed by atoms with Gasteiger partial charge in [-0.05, 0) is 31.5 Å². The summed E-state index contributed by atoms with van der Waals surface area (Å²) in [6.07, 6.45) is 1.82. The van der Waals surface area contributed by atoms with E-state index in [-0.39, 0.29) is 18.2 Å². The monoisotopic (exact) mass is 346 g/mol. The predicted molar refractivity (Wildman–Crippen MR) is 87.6 cm³/mol. The minimum atomic E-state index is -1.09. The van der Waals surface area contributed by atoms with Crippen LogP contribution in [-0.4, -0.2) is 26.2 Å². The molecule has 0 fully saturated rings. The molecule has 0 aliphatic heterocycles. The number of nitrogens with zero attached hydrogens (tertiary/aromatic N) is 3. The summed E-state index contributed by atoms with van der Waals surface area (Å²) in [7, 11) is 0. The number of hydrogen-bond donors (Lipinski definition) is 2. The zero-order valence-electron chi connectivity index (χ0n) is 13.1. The number of carbonyl (C=O) groups is 1. The van der Waals surface area contributed by atoms with Gasteiger partial charge in [-0.15, -0.1) is 10.2 Å². The van der Waals surface area contributed by atoms with Crippen LogP contribution in [0.1, 0.15) is 41.6 Å². The van der Waals surface area contributed by atoms with Crippen molar-refractivity contribution >= 4 is 28.4 Å². The molecule has 2 heterocycles. The molecule has 1 amide bonds. The average Bonchev–Trinajstić information content (AvgIpc) is 2.94. The van der Waals surface area contributed by atoms with E-state index in [9.17, 15) is 9.90 Å². The molecule has 0 atom stereocenters. The molecule has 24 heavy (non-hydrogen) atoms. The Hall–Kier alpha value is -2.51. The molecule has 3 N–H and O–H groups in total. The minimum Gasteiger partial charge on any atom is -0.417 e. The van der Waals surface area contributed by atoms with Crippen LogP contribution in [0.3, 0.4) is 0 Å². The standard InChI is InChI=1S/C16H15ClN4O3/c1-16(2,23)11-4-8(3-9-6-10(17)7-19-13(9)11)5-12-20-21-15(24-12)14(18)22/h3-4,6-7,23H,5H2,1-2H3,(H2,18,22). The third kappa shape index (κ3) is 3.22. The summed E-state index contributed by atoms with van der Waals surface area (Å²) < 4.78 is 5.21. The van der Waals surface area contributed by atoms with Crippen LogP contribution in [0.15, 0.2) is 28.8 Å². The first-order valence-electron chi connectivity index (χ1n) is 7.17. The molecule has 0 unspecified atom stereocenters. The highest BCUT2D eigenvalue weighted by molar-refractivity contribution is 6.31. The number of primary amides is 1. The fourth-order valence-electron chi connectivity index (χ4n) is 2.45. The topological polar surface area (TPSA) is 115 Å². The zero-order chi connectivity index (χ0) is 17.5. The molecule has 2 aromatic heterocycles. The van der Waals surface area contributed by atoms with Gasteiger partial charge in [-0.3, -0.25) is 9.78 Å². The van der Waals surface area contributed by atoms with E-state index in [4.69, 9.17) is 21.8 Å². The van der Waals surface area contributed by atoms with Gasteiger partial charge in [-0.25, -0.2) is 0 Å². The lowest BCUT2D eigenvalue weighted by molar-refractivity contribution is 0.0799. The second-order valence-corrected chi connectivity index (χ2v) is 6.41. The lowest BCUT2D eigenvalue weighted by Crippen LogP contribution is -2.17. The maximum Gasteiger partial charge on any atom is 0.306 e. The van der Waals surface area contributed by atoms with Gasteiger partial charge >= 0.3 is 11.8 Å². The van der Waals surface area contributed by atoms with Crippen LogP contribution in [0, 0.1) is 0 Å². The lowest BCUT2D eigenvalue weighted by Gasteiger charge is -2.20. The molecule has 0 aliphatic carbocycles. The number of rotatable bonds is 4. The summed E-state index contributed by atoms with van der Waals surface area (Å²) in [5.41, 5.74) is 6.14. The molecular weight excluding hydrogens is 332 g/mol. The van der Waals surface area contributed by atoms with Gasteiger partial charge in [-0.2, -0.15) is 0 Å². The molecule has 0 saturated heterocycles. The molecule has 0 saturated carbocycles. The van der Waals surface area contributed by atoms with Crippen molar-refractivity contribution < 1.29 is 14.3 Å². The highest BCUT2D eigenvalue weighted by Gasteiger charge is 2.22. The second-order valence-electron chi connectivity index (χ2n) is 5.97. The minimum absolute atomic E-state index is 0.238. The van der Waals surface area contributed by atoms with Gasteiger partial charge in [-0.1, -0.05) is 17.7 Å². The van der Waals surface area contributed by atoms with Crippen molar-refractivity contribution in [2.75, 3.05) is 0 Å². The van der Waals surface area contributed by atoms with Gasteiger partial charge in [0.25, 0.3) is 0 Å². The Balaban J connectivity index is 2.08. The molecule has 0 aliphatic rings. The Labute approximate surface area is 142 Å². The molecule has 3 aromatic rings. The molecule has 3 rings (SSSR count). The summed E-state index contributed by atoms with van der Waals surface area (Å²) in [5.74, 6) is -0.765. The summed E-state index contributed by atoms with van der Waals surface area (Å²) in [6, 6.07) is 5.46. The van der Waals surface area contributed by atoms with Crippen molar-refractivity contribution in [1.29, 1.82) is 0 Å². The van der Waals surface area contributed by atoms with Crippen LogP contribution >= 0.6 is 11.6 Å². The van der Waals surface area contributed by atoms with Gasteiger partial charge in [0, 0.05) is 17.1 Å². The molecular formula is C16H15ClN4O3. The maximum atomic E-state index is 11.0. The first-order chi connectivity index (χ1) is 11.2. The summed E-state index contributed by atoms with van der Waals surface area (Å²) in [5, 5.41) is 19.1. The maximum absolute atomic E-state index is 11.0. The second kappa shape index (κ2) is 5.85. The number of halogens is 1. The Kier molecular flexibility index (Phi) is 3.98. The number of hydrogen-bond acceptors (Lipinski definition) is 6. The molecule has 0 radical (unpaired) electrons. The van der Waals surface area contributed by atoms with E-state index in [1.165, 1.54) is 6.20 Å². The van der Waals surface area contributed by atoms with Crippen molar-refractivity contribution in [3.05, 3.63) is 52.3 Å². The van der Waals surface area contributed by atoms with Crippen LogP contribution in [-0.2, 0) is 12.0 Å². The Bertz CT molecular complexity index is 931. The molecule has 0 spiro atoms. The quantitative estimate of drug-likeness (QED) is 0.748. The molecule has 7 nitrogen and oxygen atoms in total. The molecule has 0 bridgehead atoms. The van der Waals surface area contributed by atoms with Gasteiger partial charge in [0.15, 0.2) is 0 Å². The van der Waals surface area contributed by atoms with E-state index >= 15 is 0 Å². The predicted octanol–water partition coefficient (Wildman–Crippen LogP) is 2.19. The normalized spacial score (nSPS) is 11.8. The summed E-state index contributed by atoms with van der Waals surface area (Å²) in [6.45, 7) is 3.36. The number of carbonyl (C=O) groups excluding carboxylic acids is 1. The Morgan fingerprint density at radius 1 is 1.33 bits per heavy atom. The van der Waals surface area contributed by atoms with E-state index in [0.717, 1.165) is 10.9 Å². The number of aliphatic hydroxyl groups is 1. The van der Waals surface area contributed by atoms with Gasteiger partial charge in [0.2, 0.25) is 5.89 Å². The number of amides is 1. The van der Waals surface area contributed by atoms with Crippen molar-refractivity contribution in [2.45, 2.75) is 25.9 Å². The smallest absolute Gasteiger partial charge is 0.306 e. The number of aromatic nitrogens is 3. The number of pyridine rings is 1. The highest BCUT2D eigenvalue weighted by Crippen LogP contribution is 2.30. The third-order valence-corrected chi connectivity index (χ3v) is 3.71. The zero-order valence-corrected chi connectivity index (χ0v) is 13.8. The van der Waals surface area contributed by atoms with E-state index in [2.05, 4.69) is 15.2 Å². The molecule has 1 aromatic carbocycles. The summed E-state index contributed by atoms with van der Waals surface area (Å²) in [4.78, 5) is 15.4. The lowest BCUT2D eigenvalue weighted by atomic mass is 9.92. The van der Waals surface area contributed by atoms with E-state index in [1.807, 2.05) is 12.1 Å². The molecule has 124 valence electrons. The fraction of sp³-hybridized carbons (Fsp3) is 0.250. The highest BCUT2D eigenvalue weighted by atomic mass is 35.5. The van der Waals surface area contributed by atoms with E-state index < -0.39 is 11.5 Å². The van der Waals surface area contributed by atoms with Crippen LogP contribution in [0.25, 0.3) is 10.9 Å². The summed E-state index contributed by atoms with van der Waals surface area (Å²) >= 11 is 6.02. The van der Waals surface area contributed by atoms with Crippen LogP contribution in [0.4, 0.5) is 0 Å². The first-order valence-corrected chi connectivity index (χ1v) is 7.55. The van der Waals surface area contributed by atoms with Gasteiger partial charge in [0.05, 0.1) is 22.6 Å². The largest absolute Gasteiger partial charge is 0.417 e. The fourth-order valence-corrected chi connectivity index (χ4v) is 2.62. The van der Waals surface area contributed by atoms with E-state index in [0.29, 0.717) is 16.1 Å². The van der Waals surface area contributed by atoms with Crippen LogP contribution in [0.2, 0.25) is 5.02 Å². The van der Waals surface area contributed by atoms with Gasteiger partial charge < -0.3 is 15.3 Å². The van der Waals surface area contributed by atoms with Crippen molar-refractivity contribution in [3.8, 4) is 0 Å². The SMILES string of the molecule is CC(C)(O)c1cc(Cc2nnc(C(N)=O)o2)cc2cc(Cl)cnc12. The number of fused-ring (bicyclic) bond motifs is 1. The van der Waals surface area contributed by atoms with Crippen LogP contribution < -0.4 is 5.73 Å². The van der Waals surface area contributed by atoms with Crippen molar-refractivity contribution in [2.24, 2.45) is 5.73 Å². The number of benzene rings is 1. The average molecular weight is 347 g/mol. The Morgan fingerprint density at radius 2 is 2.08 bits per heavy atom. The Morgan fingerprint density at radius 3 is 2.71 bits per heavy atom. The van der Waals surface area contributed by atoms with Crippen LogP contribution in [0.5, 0.6) is 0 Å². The van der Waals surface area contributed by atoms with E-state index in [1.54, 1.807) is 19.9 Å². The first kappa shape index (κ1) is 16.4. The third-order valence-electron chi connectivity index (χ3n) is 3.50. The van der Waals surface area contributed by atoms with Crippen molar-refractivity contribution in [3.63, 3.8) is 0 Å². The van der Waals surface area contributed by atoms with Crippen molar-refractivity contribution in [1.82, 2.24) is 15.2 Å². The van der Waals surface area contributed by atoms with Gasteiger partial charge in [0.1, 0.15) is 0 Å².